The molecule has 3 heterocycles. The van der Waals surface area contributed by atoms with Crippen LogP contribution in [0.5, 0.6) is 0 Å². The van der Waals surface area contributed by atoms with Crippen molar-refractivity contribution in [3.05, 3.63) is 67.1 Å². The van der Waals surface area contributed by atoms with Crippen molar-refractivity contribution in [3.8, 4) is 11.3 Å². The normalized spacial score (nSPS) is 19.2. The van der Waals surface area contributed by atoms with Crippen LogP contribution in [0, 0.1) is 0 Å². The molecule has 3 aromatic heterocycles. The summed E-state index contributed by atoms with van der Waals surface area (Å²) < 4.78 is 27.8. The van der Waals surface area contributed by atoms with Gasteiger partial charge in [-0.15, -0.1) is 0 Å². The lowest BCUT2D eigenvalue weighted by molar-refractivity contribution is 0.126. The van der Waals surface area contributed by atoms with Gasteiger partial charge in [-0.2, -0.15) is 0 Å². The van der Waals surface area contributed by atoms with E-state index in [0.717, 1.165) is 25.7 Å². The lowest BCUT2D eigenvalue weighted by atomic mass is 9.93. The number of aliphatic hydroxyl groups excluding tert-OH is 1. The van der Waals surface area contributed by atoms with Crippen LogP contribution in [0.3, 0.4) is 0 Å². The van der Waals surface area contributed by atoms with Crippen molar-refractivity contribution in [2.24, 2.45) is 0 Å². The first kappa shape index (κ1) is 20.6. The fraction of sp³-hybridized carbons (Fsp3) is 0.261. The maximum Gasteiger partial charge on any atom is 0.269 e. The number of nitrogens with one attached hydrogen (secondary N) is 1. The van der Waals surface area contributed by atoms with Gasteiger partial charge in [-0.3, -0.25) is 0 Å². The number of benzene rings is 1. The molecule has 1 aromatic carbocycles. The topological polar surface area (TPSA) is 110 Å². The lowest BCUT2D eigenvalue weighted by Gasteiger charge is -2.26. The van der Waals surface area contributed by atoms with Gasteiger partial charge in [0, 0.05) is 35.6 Å². The first-order valence-corrected chi connectivity index (χ1v) is 12.0. The largest absolute Gasteiger partial charge is 0.393 e. The van der Waals surface area contributed by atoms with Gasteiger partial charge in [-0.1, -0.05) is 18.2 Å². The molecule has 0 spiro atoms. The van der Waals surface area contributed by atoms with Gasteiger partial charge in [0.2, 0.25) is 5.95 Å². The maximum absolute atomic E-state index is 13.3. The van der Waals surface area contributed by atoms with Gasteiger partial charge in [0.1, 0.15) is 0 Å². The Morgan fingerprint density at radius 3 is 2.50 bits per heavy atom. The highest BCUT2D eigenvalue weighted by molar-refractivity contribution is 7.90. The molecule has 1 fully saturated rings. The van der Waals surface area contributed by atoms with E-state index in [1.54, 1.807) is 61.1 Å². The number of anilines is 1. The van der Waals surface area contributed by atoms with Gasteiger partial charge in [0.25, 0.3) is 10.0 Å². The molecule has 1 aliphatic rings. The summed E-state index contributed by atoms with van der Waals surface area (Å²) in [7, 11) is -3.82. The molecule has 0 atom stereocenters. The summed E-state index contributed by atoms with van der Waals surface area (Å²) in [4.78, 5) is 13.5. The average molecular weight is 450 g/mol. The monoisotopic (exact) mass is 449 g/mol. The van der Waals surface area contributed by atoms with E-state index in [1.165, 1.54) is 3.97 Å². The molecule has 32 heavy (non-hydrogen) atoms. The number of aromatic nitrogens is 4. The Balaban J connectivity index is 1.55. The maximum atomic E-state index is 13.3. The van der Waals surface area contributed by atoms with E-state index in [0.29, 0.717) is 28.2 Å². The number of aliphatic hydroxyl groups is 1. The second-order valence-electron chi connectivity index (χ2n) is 7.95. The van der Waals surface area contributed by atoms with Crippen molar-refractivity contribution in [1.82, 2.24) is 18.9 Å². The SMILES string of the molecule is O=S(=O)(c1ccccc1)n1cc(-c2ccnc(N[C@H]3CC[C@H](O)CC3)n2)c2cccnc21. The molecule has 2 N–H and O–H groups in total. The van der Waals surface area contributed by atoms with Crippen LogP contribution in [0.15, 0.2) is 72.0 Å². The summed E-state index contributed by atoms with van der Waals surface area (Å²) in [6, 6.07) is 13.9. The Morgan fingerprint density at radius 2 is 1.72 bits per heavy atom. The number of hydrogen-bond donors (Lipinski definition) is 2. The molecule has 0 saturated heterocycles. The average Bonchev–Trinajstić information content (AvgIpc) is 3.22. The summed E-state index contributed by atoms with van der Waals surface area (Å²) in [6.45, 7) is 0. The second kappa shape index (κ2) is 8.33. The molecular weight excluding hydrogens is 426 g/mol. The van der Waals surface area contributed by atoms with Crippen LogP contribution in [0.1, 0.15) is 25.7 Å². The van der Waals surface area contributed by atoms with E-state index in [4.69, 9.17) is 0 Å². The number of hydrogen-bond acceptors (Lipinski definition) is 7. The smallest absolute Gasteiger partial charge is 0.269 e. The molecular formula is C23H23N5O3S. The van der Waals surface area contributed by atoms with E-state index in [9.17, 15) is 13.5 Å². The van der Waals surface area contributed by atoms with E-state index in [2.05, 4.69) is 20.3 Å². The van der Waals surface area contributed by atoms with E-state index in [1.807, 2.05) is 6.07 Å². The van der Waals surface area contributed by atoms with Gasteiger partial charge in [-0.05, 0) is 56.0 Å². The number of pyridine rings is 1. The van der Waals surface area contributed by atoms with Crippen molar-refractivity contribution in [3.63, 3.8) is 0 Å². The zero-order chi connectivity index (χ0) is 22.1. The fourth-order valence-electron chi connectivity index (χ4n) is 4.11. The third kappa shape index (κ3) is 3.85. The minimum atomic E-state index is -3.82. The molecule has 9 heteroatoms. The quantitative estimate of drug-likeness (QED) is 0.480. The highest BCUT2D eigenvalue weighted by Gasteiger charge is 2.24. The fourth-order valence-corrected chi connectivity index (χ4v) is 5.45. The van der Waals surface area contributed by atoms with Gasteiger partial charge >= 0.3 is 0 Å². The predicted molar refractivity (Wildman–Crippen MR) is 122 cm³/mol. The van der Waals surface area contributed by atoms with Crippen LogP contribution in [-0.2, 0) is 10.0 Å². The molecule has 0 radical (unpaired) electrons. The highest BCUT2D eigenvalue weighted by Crippen LogP contribution is 2.31. The summed E-state index contributed by atoms with van der Waals surface area (Å²) in [5.74, 6) is 0.486. The van der Waals surface area contributed by atoms with Crippen LogP contribution in [0.2, 0.25) is 0 Å². The van der Waals surface area contributed by atoms with E-state index >= 15 is 0 Å². The minimum Gasteiger partial charge on any atom is -0.393 e. The molecule has 1 aliphatic carbocycles. The number of nitrogens with zero attached hydrogens (tertiary/aromatic N) is 4. The predicted octanol–water partition coefficient (Wildman–Crippen LogP) is 3.45. The van der Waals surface area contributed by atoms with Crippen molar-refractivity contribution in [1.29, 1.82) is 0 Å². The Hall–Kier alpha value is -3.30. The third-order valence-electron chi connectivity index (χ3n) is 5.79. The van der Waals surface area contributed by atoms with E-state index in [-0.39, 0.29) is 17.0 Å². The zero-order valence-electron chi connectivity index (χ0n) is 17.3. The third-order valence-corrected chi connectivity index (χ3v) is 7.46. The molecule has 0 amide bonds. The Morgan fingerprint density at radius 1 is 0.938 bits per heavy atom. The van der Waals surface area contributed by atoms with Crippen LogP contribution in [0.4, 0.5) is 5.95 Å². The standard InChI is InChI=1S/C23H23N5O3S/c29-17-10-8-16(9-11-17)26-23-25-14-12-21(27-23)20-15-28(22-19(20)7-4-13-24-22)32(30,31)18-5-2-1-3-6-18/h1-7,12-17,29H,8-11H2,(H,25,26,27)/t16-,17-. The Labute approximate surface area is 186 Å². The molecule has 0 unspecified atom stereocenters. The van der Waals surface area contributed by atoms with Crippen molar-refractivity contribution in [2.75, 3.05) is 5.32 Å². The lowest BCUT2D eigenvalue weighted by Crippen LogP contribution is -2.28. The first-order chi connectivity index (χ1) is 15.5. The molecule has 0 aliphatic heterocycles. The van der Waals surface area contributed by atoms with Gasteiger partial charge in [0.05, 0.1) is 16.7 Å². The summed E-state index contributed by atoms with van der Waals surface area (Å²) >= 11 is 0. The van der Waals surface area contributed by atoms with Crippen LogP contribution < -0.4 is 5.32 Å². The van der Waals surface area contributed by atoms with Crippen molar-refractivity contribution in [2.45, 2.75) is 42.7 Å². The Bertz CT molecular complexity index is 1350. The summed E-state index contributed by atoms with van der Waals surface area (Å²) in [5.41, 5.74) is 1.62. The molecule has 164 valence electrons. The van der Waals surface area contributed by atoms with Gasteiger partial charge in [0.15, 0.2) is 5.65 Å². The van der Waals surface area contributed by atoms with Crippen molar-refractivity contribution >= 4 is 27.0 Å². The second-order valence-corrected chi connectivity index (χ2v) is 9.76. The molecule has 1 saturated carbocycles. The molecule has 0 bridgehead atoms. The van der Waals surface area contributed by atoms with Crippen LogP contribution >= 0.6 is 0 Å². The molecule has 8 nitrogen and oxygen atoms in total. The molecule has 4 aromatic rings. The highest BCUT2D eigenvalue weighted by atomic mass is 32.2. The Kier molecular flexibility index (Phi) is 5.36. The molecule has 5 rings (SSSR count). The minimum absolute atomic E-state index is 0.193. The van der Waals surface area contributed by atoms with Gasteiger partial charge in [-0.25, -0.2) is 27.3 Å². The van der Waals surface area contributed by atoms with Crippen molar-refractivity contribution < 1.29 is 13.5 Å². The van der Waals surface area contributed by atoms with E-state index < -0.39 is 10.0 Å². The zero-order valence-corrected chi connectivity index (χ0v) is 18.1. The van der Waals surface area contributed by atoms with Crippen LogP contribution in [0.25, 0.3) is 22.3 Å². The first-order valence-electron chi connectivity index (χ1n) is 10.6. The van der Waals surface area contributed by atoms with Crippen LogP contribution in [-0.4, -0.2) is 44.6 Å². The van der Waals surface area contributed by atoms with Gasteiger partial charge < -0.3 is 10.4 Å². The number of rotatable bonds is 5. The summed E-state index contributed by atoms with van der Waals surface area (Å²) in [6.07, 6.45) is 7.80. The summed E-state index contributed by atoms with van der Waals surface area (Å²) in [5, 5.41) is 13.8. The number of fused-ring (bicyclic) bond motifs is 1.